The average Bonchev–Trinajstić information content (AvgIpc) is 3.32. The summed E-state index contributed by atoms with van der Waals surface area (Å²) in [5.41, 5.74) is 7.41. The van der Waals surface area contributed by atoms with Crippen molar-refractivity contribution in [2.75, 3.05) is 13.1 Å². The van der Waals surface area contributed by atoms with Crippen LogP contribution in [0.1, 0.15) is 35.7 Å². The first kappa shape index (κ1) is 19.1. The molecule has 0 aliphatic carbocycles. The molecule has 0 unspecified atom stereocenters. The second kappa shape index (κ2) is 7.73. The lowest BCUT2D eigenvalue weighted by molar-refractivity contribution is 0.199. The van der Waals surface area contributed by atoms with E-state index in [1.807, 2.05) is 17.9 Å². The Morgan fingerprint density at radius 1 is 1.07 bits per heavy atom. The second-order valence-electron chi connectivity index (χ2n) is 8.68. The maximum atomic E-state index is 4.93. The molecule has 0 bridgehead atoms. The van der Waals surface area contributed by atoms with Gasteiger partial charge in [-0.25, -0.2) is 0 Å². The van der Waals surface area contributed by atoms with Gasteiger partial charge in [0.25, 0.3) is 0 Å². The number of likely N-dealkylation sites (tertiary alicyclic amines) is 1. The molecule has 1 aliphatic rings. The van der Waals surface area contributed by atoms with Gasteiger partial charge in [-0.15, -0.1) is 0 Å². The predicted molar refractivity (Wildman–Crippen MR) is 121 cm³/mol. The second-order valence-corrected chi connectivity index (χ2v) is 8.68. The molecule has 1 fully saturated rings. The predicted octanol–water partition coefficient (Wildman–Crippen LogP) is 4.66. The van der Waals surface area contributed by atoms with Crippen LogP contribution in [0.25, 0.3) is 22.0 Å². The molecule has 154 valence electrons. The number of aromatic nitrogens is 4. The zero-order valence-electron chi connectivity index (χ0n) is 18.0. The molecule has 0 spiro atoms. The van der Waals surface area contributed by atoms with Crippen molar-refractivity contribution in [2.24, 2.45) is 14.1 Å². The van der Waals surface area contributed by atoms with E-state index in [4.69, 9.17) is 4.98 Å². The Morgan fingerprint density at radius 3 is 2.77 bits per heavy atom. The highest BCUT2D eigenvalue weighted by Gasteiger charge is 2.24. The molecular weight excluding hydrogens is 370 g/mol. The third-order valence-corrected chi connectivity index (χ3v) is 6.31. The molecule has 5 heteroatoms. The van der Waals surface area contributed by atoms with Crippen molar-refractivity contribution in [3.8, 4) is 11.1 Å². The zero-order valence-corrected chi connectivity index (χ0v) is 18.0. The molecule has 1 aromatic carbocycles. The average molecular weight is 400 g/mol. The standard InChI is InChI=1S/C25H29N5/c1-18-11-20(21-13-26-29(3)15-21)12-24(27-18)19-7-6-10-30(16-19)17-22-14-28(2)25-9-5-4-8-23(22)25/h4-5,8-9,11-15,19H,6-7,10,16-17H2,1-3H3/t19-/m1/s1. The molecule has 3 aromatic heterocycles. The molecule has 5 rings (SSSR count). The molecule has 0 amide bonds. The van der Waals surface area contributed by atoms with Gasteiger partial charge in [0.15, 0.2) is 0 Å². The van der Waals surface area contributed by atoms with Gasteiger partial charge in [0.05, 0.1) is 6.20 Å². The smallest absolute Gasteiger partial charge is 0.0568 e. The van der Waals surface area contributed by atoms with Crippen molar-refractivity contribution in [1.29, 1.82) is 0 Å². The van der Waals surface area contributed by atoms with Crippen LogP contribution in [0.5, 0.6) is 0 Å². The van der Waals surface area contributed by atoms with Crippen molar-refractivity contribution in [2.45, 2.75) is 32.2 Å². The minimum atomic E-state index is 0.476. The SMILES string of the molecule is Cc1cc(-c2cnn(C)c2)cc([C@@H]2CCCN(Cc3cn(C)c4ccccc34)C2)n1. The number of fused-ring (bicyclic) bond motifs is 1. The van der Waals surface area contributed by atoms with Gasteiger partial charge in [0.2, 0.25) is 0 Å². The highest BCUT2D eigenvalue weighted by atomic mass is 15.2. The van der Waals surface area contributed by atoms with Crippen molar-refractivity contribution < 1.29 is 0 Å². The van der Waals surface area contributed by atoms with Crippen molar-refractivity contribution in [3.05, 3.63) is 71.9 Å². The summed E-state index contributed by atoms with van der Waals surface area (Å²) in [6.07, 6.45) is 8.72. The topological polar surface area (TPSA) is 38.9 Å². The first-order valence-electron chi connectivity index (χ1n) is 10.8. The van der Waals surface area contributed by atoms with Gasteiger partial charge in [0.1, 0.15) is 0 Å². The Balaban J connectivity index is 1.38. The number of pyridine rings is 1. The normalized spacial score (nSPS) is 17.6. The van der Waals surface area contributed by atoms with Crippen LogP contribution in [0.15, 0.2) is 55.0 Å². The van der Waals surface area contributed by atoms with Crippen LogP contribution in [0.4, 0.5) is 0 Å². The highest BCUT2D eigenvalue weighted by molar-refractivity contribution is 5.83. The molecule has 4 heterocycles. The largest absolute Gasteiger partial charge is 0.350 e. The van der Waals surface area contributed by atoms with Crippen molar-refractivity contribution in [1.82, 2.24) is 24.2 Å². The van der Waals surface area contributed by atoms with E-state index in [-0.39, 0.29) is 0 Å². The van der Waals surface area contributed by atoms with Gasteiger partial charge in [-0.3, -0.25) is 14.6 Å². The fourth-order valence-corrected chi connectivity index (χ4v) is 4.87. The third-order valence-electron chi connectivity index (χ3n) is 6.31. The monoisotopic (exact) mass is 399 g/mol. The first-order valence-corrected chi connectivity index (χ1v) is 10.8. The van der Waals surface area contributed by atoms with E-state index in [1.165, 1.54) is 40.6 Å². The lowest BCUT2D eigenvalue weighted by Crippen LogP contribution is -2.34. The lowest BCUT2D eigenvalue weighted by atomic mass is 9.92. The quantitative estimate of drug-likeness (QED) is 0.501. The molecular formula is C25H29N5. The fourth-order valence-electron chi connectivity index (χ4n) is 4.87. The molecule has 1 aliphatic heterocycles. The molecule has 0 saturated carbocycles. The van der Waals surface area contributed by atoms with Crippen molar-refractivity contribution in [3.63, 3.8) is 0 Å². The van der Waals surface area contributed by atoms with Gasteiger partial charge in [-0.2, -0.15) is 5.10 Å². The van der Waals surface area contributed by atoms with E-state index >= 15 is 0 Å². The van der Waals surface area contributed by atoms with Gasteiger partial charge < -0.3 is 4.57 Å². The summed E-state index contributed by atoms with van der Waals surface area (Å²) in [7, 11) is 4.10. The molecule has 0 N–H and O–H groups in total. The zero-order chi connectivity index (χ0) is 20.7. The fraction of sp³-hybridized carbons (Fsp3) is 0.360. The van der Waals surface area contributed by atoms with Gasteiger partial charge in [-0.05, 0) is 55.6 Å². The third kappa shape index (κ3) is 3.65. The highest BCUT2D eigenvalue weighted by Crippen LogP contribution is 2.31. The Bertz CT molecular complexity index is 1190. The summed E-state index contributed by atoms with van der Waals surface area (Å²) in [6, 6.07) is 13.1. The number of benzene rings is 1. The van der Waals surface area contributed by atoms with E-state index in [0.29, 0.717) is 5.92 Å². The summed E-state index contributed by atoms with van der Waals surface area (Å²) >= 11 is 0. The number of para-hydroxylation sites is 1. The van der Waals surface area contributed by atoms with Crippen LogP contribution >= 0.6 is 0 Å². The Kier molecular flexibility index (Phi) is 4.91. The number of aryl methyl sites for hydroxylation is 3. The molecule has 0 radical (unpaired) electrons. The molecule has 5 nitrogen and oxygen atoms in total. The Hall–Kier alpha value is -2.92. The first-order chi connectivity index (χ1) is 14.6. The molecule has 1 atom stereocenters. The van der Waals surface area contributed by atoms with Crippen LogP contribution in [0.2, 0.25) is 0 Å². The molecule has 4 aromatic rings. The Labute approximate surface area is 178 Å². The number of hydrogen-bond donors (Lipinski definition) is 0. The minimum absolute atomic E-state index is 0.476. The molecule has 30 heavy (non-hydrogen) atoms. The van der Waals surface area contributed by atoms with Crippen LogP contribution in [0, 0.1) is 6.92 Å². The van der Waals surface area contributed by atoms with Crippen molar-refractivity contribution >= 4 is 10.9 Å². The van der Waals surface area contributed by atoms with Crippen LogP contribution in [0.3, 0.4) is 0 Å². The van der Waals surface area contributed by atoms with E-state index in [1.54, 1.807) is 0 Å². The number of rotatable bonds is 4. The summed E-state index contributed by atoms with van der Waals surface area (Å²) < 4.78 is 4.10. The van der Waals surface area contributed by atoms with Crippen LogP contribution in [-0.2, 0) is 20.6 Å². The maximum absolute atomic E-state index is 4.93. The van der Waals surface area contributed by atoms with E-state index < -0.39 is 0 Å². The van der Waals surface area contributed by atoms with E-state index in [9.17, 15) is 0 Å². The number of nitrogens with zero attached hydrogens (tertiary/aromatic N) is 5. The van der Waals surface area contributed by atoms with Gasteiger partial charge in [0, 0.05) is 73.4 Å². The molecule has 1 saturated heterocycles. The minimum Gasteiger partial charge on any atom is -0.350 e. The number of piperidine rings is 1. The summed E-state index contributed by atoms with van der Waals surface area (Å²) in [5.74, 6) is 0.476. The summed E-state index contributed by atoms with van der Waals surface area (Å²) in [4.78, 5) is 7.53. The van der Waals surface area contributed by atoms with E-state index in [2.05, 4.69) is 77.3 Å². The van der Waals surface area contributed by atoms with Crippen LogP contribution in [-0.4, -0.2) is 37.3 Å². The summed E-state index contributed by atoms with van der Waals surface area (Å²) in [5, 5.41) is 5.71. The lowest BCUT2D eigenvalue weighted by Gasteiger charge is -2.32. The van der Waals surface area contributed by atoms with Crippen LogP contribution < -0.4 is 0 Å². The number of hydrogen-bond acceptors (Lipinski definition) is 3. The maximum Gasteiger partial charge on any atom is 0.0568 e. The Morgan fingerprint density at radius 2 is 1.93 bits per heavy atom. The van der Waals surface area contributed by atoms with Gasteiger partial charge >= 0.3 is 0 Å². The van der Waals surface area contributed by atoms with E-state index in [0.717, 1.165) is 30.9 Å². The summed E-state index contributed by atoms with van der Waals surface area (Å²) in [6.45, 7) is 5.31. The van der Waals surface area contributed by atoms with Gasteiger partial charge in [-0.1, -0.05) is 18.2 Å².